The molecule has 144 valence electrons. The number of thiazole rings is 1. The fourth-order valence-electron chi connectivity index (χ4n) is 3.06. The van der Waals surface area contributed by atoms with Crippen molar-refractivity contribution in [1.82, 2.24) is 4.98 Å². The molecule has 5 nitrogen and oxygen atoms in total. The van der Waals surface area contributed by atoms with E-state index in [1.54, 1.807) is 41.0 Å². The highest BCUT2D eigenvalue weighted by Crippen LogP contribution is 2.35. The number of anilines is 2. The van der Waals surface area contributed by atoms with Crippen molar-refractivity contribution in [3.63, 3.8) is 0 Å². The van der Waals surface area contributed by atoms with Crippen LogP contribution in [0.2, 0.25) is 0 Å². The van der Waals surface area contributed by atoms with Crippen molar-refractivity contribution in [2.75, 3.05) is 22.9 Å². The summed E-state index contributed by atoms with van der Waals surface area (Å²) in [6.45, 7) is 2.73. The maximum absolute atomic E-state index is 14.0. The first kappa shape index (κ1) is 18.9. The van der Waals surface area contributed by atoms with Crippen LogP contribution in [0.3, 0.4) is 0 Å². The number of amides is 2. The highest BCUT2D eigenvalue weighted by atomic mass is 32.2. The zero-order chi connectivity index (χ0) is 19.8. The van der Waals surface area contributed by atoms with Crippen molar-refractivity contribution in [3.05, 3.63) is 59.8 Å². The van der Waals surface area contributed by atoms with Gasteiger partial charge in [-0.3, -0.25) is 9.80 Å². The van der Waals surface area contributed by atoms with E-state index < -0.39 is 11.6 Å². The van der Waals surface area contributed by atoms with Crippen LogP contribution in [0.4, 0.5) is 24.4 Å². The van der Waals surface area contributed by atoms with Gasteiger partial charge in [0.2, 0.25) is 0 Å². The Balaban J connectivity index is 1.56. The lowest BCUT2D eigenvalue weighted by atomic mass is 10.0. The van der Waals surface area contributed by atoms with Crippen molar-refractivity contribution in [2.24, 2.45) is 0 Å². The molecule has 3 aromatic rings. The van der Waals surface area contributed by atoms with Gasteiger partial charge in [-0.1, -0.05) is 23.5 Å². The molecule has 1 aliphatic heterocycles. The molecule has 1 saturated heterocycles. The number of carbonyl (C=O) groups excluding carboxylic acids is 1. The second kappa shape index (κ2) is 7.50. The van der Waals surface area contributed by atoms with E-state index in [1.807, 2.05) is 0 Å². The standard InChI is InChI=1S/C19H15F2N3O2S2/c1-11-17(28-26)27-18(22-11)24-9-8-23(19(24)25)14-5-2-12(3-6-14)15-10-13(20)4-7-16(15)21/h2-7,10,26H,8-9H2,1H3. The summed E-state index contributed by atoms with van der Waals surface area (Å²) in [7, 11) is 0. The third kappa shape index (κ3) is 3.36. The highest BCUT2D eigenvalue weighted by Gasteiger charge is 2.33. The topological polar surface area (TPSA) is 56.7 Å². The molecule has 1 aliphatic rings. The molecule has 1 fully saturated rings. The van der Waals surface area contributed by atoms with Crippen LogP contribution in [0, 0.1) is 18.6 Å². The fraction of sp³-hybridized carbons (Fsp3) is 0.158. The number of rotatable bonds is 4. The van der Waals surface area contributed by atoms with Gasteiger partial charge in [-0.05, 0) is 42.8 Å². The van der Waals surface area contributed by atoms with E-state index in [-0.39, 0.29) is 11.6 Å². The van der Waals surface area contributed by atoms with Crippen LogP contribution in [0.25, 0.3) is 11.1 Å². The van der Waals surface area contributed by atoms with Crippen molar-refractivity contribution in [3.8, 4) is 11.1 Å². The molecule has 0 bridgehead atoms. The van der Waals surface area contributed by atoms with Crippen LogP contribution in [-0.2, 0) is 0 Å². The molecule has 0 radical (unpaired) electrons. The van der Waals surface area contributed by atoms with E-state index in [0.717, 1.165) is 18.2 Å². The maximum Gasteiger partial charge on any atom is 0.330 e. The van der Waals surface area contributed by atoms with Gasteiger partial charge in [-0.15, -0.1) is 0 Å². The Labute approximate surface area is 168 Å². The minimum absolute atomic E-state index is 0.174. The molecule has 28 heavy (non-hydrogen) atoms. The summed E-state index contributed by atoms with van der Waals surface area (Å²) < 4.78 is 37.3. The molecule has 2 aromatic carbocycles. The van der Waals surface area contributed by atoms with E-state index in [1.165, 1.54) is 11.3 Å². The summed E-state index contributed by atoms with van der Waals surface area (Å²) in [5.74, 6) is -1.01. The summed E-state index contributed by atoms with van der Waals surface area (Å²) >= 11 is 1.89. The zero-order valence-corrected chi connectivity index (χ0v) is 16.4. The van der Waals surface area contributed by atoms with Gasteiger partial charge in [0, 0.05) is 36.4 Å². The molecular formula is C19H15F2N3O2S2. The lowest BCUT2D eigenvalue weighted by Crippen LogP contribution is -2.31. The van der Waals surface area contributed by atoms with Crippen molar-refractivity contribution in [1.29, 1.82) is 0 Å². The van der Waals surface area contributed by atoms with Gasteiger partial charge in [-0.25, -0.2) is 18.6 Å². The van der Waals surface area contributed by atoms with Crippen LogP contribution in [0.5, 0.6) is 0 Å². The Morgan fingerprint density at radius 3 is 2.50 bits per heavy atom. The number of hydrogen-bond acceptors (Lipinski definition) is 5. The summed E-state index contributed by atoms with van der Waals surface area (Å²) in [6, 6.07) is 9.85. The number of hydrogen-bond donors (Lipinski definition) is 1. The maximum atomic E-state index is 14.0. The molecule has 4 rings (SSSR count). The predicted molar refractivity (Wildman–Crippen MR) is 107 cm³/mol. The minimum atomic E-state index is -0.509. The second-order valence-electron chi connectivity index (χ2n) is 6.22. The van der Waals surface area contributed by atoms with Gasteiger partial charge in [0.25, 0.3) is 0 Å². The lowest BCUT2D eigenvalue weighted by molar-refractivity contribution is 0.256. The Kier molecular flexibility index (Phi) is 5.05. The minimum Gasteiger partial charge on any atom is -0.325 e. The summed E-state index contributed by atoms with van der Waals surface area (Å²) in [5, 5.41) is 0.542. The van der Waals surface area contributed by atoms with E-state index in [0.29, 0.717) is 51.4 Å². The third-order valence-corrected chi connectivity index (χ3v) is 6.39. The molecule has 0 spiro atoms. The van der Waals surface area contributed by atoms with Crippen molar-refractivity contribution in [2.45, 2.75) is 11.1 Å². The number of aromatic nitrogens is 1. The number of urea groups is 1. The summed E-state index contributed by atoms with van der Waals surface area (Å²) in [6.07, 6.45) is 0. The molecule has 0 aliphatic carbocycles. The third-order valence-electron chi connectivity index (χ3n) is 4.48. The molecule has 0 atom stereocenters. The molecule has 0 saturated carbocycles. The molecule has 2 heterocycles. The zero-order valence-electron chi connectivity index (χ0n) is 14.7. The normalized spacial score (nSPS) is 14.2. The van der Waals surface area contributed by atoms with Crippen molar-refractivity contribution >= 4 is 40.2 Å². The first-order chi connectivity index (χ1) is 13.5. The van der Waals surface area contributed by atoms with Crippen LogP contribution in [0.1, 0.15) is 5.69 Å². The summed E-state index contributed by atoms with van der Waals surface area (Å²) in [5.41, 5.74) is 2.05. The smallest absolute Gasteiger partial charge is 0.325 e. The SMILES string of the molecule is Cc1nc(N2CCN(c3ccc(-c4cc(F)ccc4F)cc3)C2=O)sc1SO. The molecule has 0 unspecified atom stereocenters. The van der Waals surface area contributed by atoms with Gasteiger partial charge in [0.1, 0.15) is 15.8 Å². The monoisotopic (exact) mass is 419 g/mol. The van der Waals surface area contributed by atoms with E-state index in [9.17, 15) is 18.1 Å². The van der Waals surface area contributed by atoms with Gasteiger partial charge >= 0.3 is 6.03 Å². The van der Waals surface area contributed by atoms with Crippen LogP contribution >= 0.6 is 23.4 Å². The van der Waals surface area contributed by atoms with Gasteiger partial charge < -0.3 is 4.55 Å². The molecule has 1 aromatic heterocycles. The fourth-order valence-corrected chi connectivity index (χ4v) is 4.43. The second-order valence-corrected chi connectivity index (χ2v) is 8.04. The summed E-state index contributed by atoms with van der Waals surface area (Å²) in [4.78, 5) is 20.3. The van der Waals surface area contributed by atoms with E-state index in [4.69, 9.17) is 0 Å². The number of carbonyl (C=O) groups is 1. The molecule has 9 heteroatoms. The van der Waals surface area contributed by atoms with Crippen LogP contribution < -0.4 is 9.80 Å². The lowest BCUT2D eigenvalue weighted by Gasteiger charge is -2.17. The van der Waals surface area contributed by atoms with Crippen LogP contribution in [0.15, 0.2) is 46.7 Å². The Bertz CT molecular complexity index is 1040. The average Bonchev–Trinajstić information content (AvgIpc) is 3.26. The number of aryl methyl sites for hydroxylation is 1. The quantitative estimate of drug-likeness (QED) is 0.575. The van der Waals surface area contributed by atoms with Gasteiger partial charge in [0.05, 0.1) is 5.69 Å². The number of nitrogens with zero attached hydrogens (tertiary/aromatic N) is 3. The van der Waals surface area contributed by atoms with Gasteiger partial charge in [0.15, 0.2) is 5.13 Å². The Morgan fingerprint density at radius 2 is 1.82 bits per heavy atom. The average molecular weight is 419 g/mol. The van der Waals surface area contributed by atoms with E-state index in [2.05, 4.69) is 4.98 Å². The molecule has 1 N–H and O–H groups in total. The first-order valence-corrected chi connectivity index (χ1v) is 10.0. The predicted octanol–water partition coefficient (Wildman–Crippen LogP) is 5.41. The largest absolute Gasteiger partial charge is 0.330 e. The van der Waals surface area contributed by atoms with Gasteiger partial charge in [-0.2, -0.15) is 0 Å². The van der Waals surface area contributed by atoms with E-state index >= 15 is 0 Å². The Hall–Kier alpha value is -2.49. The number of halogens is 2. The first-order valence-electron chi connectivity index (χ1n) is 8.41. The van der Waals surface area contributed by atoms with Crippen molar-refractivity contribution < 1.29 is 18.1 Å². The Morgan fingerprint density at radius 1 is 1.11 bits per heavy atom. The molecule has 2 amide bonds. The van der Waals surface area contributed by atoms with Crippen LogP contribution in [-0.4, -0.2) is 28.7 Å². The highest BCUT2D eigenvalue weighted by molar-refractivity contribution is 7.95. The molecular weight excluding hydrogens is 404 g/mol. The number of benzene rings is 2.